The lowest BCUT2D eigenvalue weighted by Gasteiger charge is -2.22. The molecule has 158 valence electrons. The average Bonchev–Trinajstić information content (AvgIpc) is 2.94. The molecule has 1 aliphatic rings. The zero-order valence-electron chi connectivity index (χ0n) is 17.3. The first-order valence-electron chi connectivity index (χ1n) is 10.0. The summed E-state index contributed by atoms with van der Waals surface area (Å²) in [6, 6.07) is 10.3. The Morgan fingerprint density at radius 1 is 1.25 bits per heavy atom. The van der Waals surface area contributed by atoms with Gasteiger partial charge in [0.1, 0.15) is 0 Å². The molecule has 6 heteroatoms. The van der Waals surface area contributed by atoms with Gasteiger partial charge in [-0.05, 0) is 44.7 Å². The van der Waals surface area contributed by atoms with Gasteiger partial charge in [-0.3, -0.25) is 4.79 Å². The molecular weight excluding hydrogens is 376 g/mol. The molecule has 1 fully saturated rings. The van der Waals surface area contributed by atoms with E-state index < -0.39 is 11.5 Å². The van der Waals surface area contributed by atoms with E-state index in [1.807, 2.05) is 39.0 Å². The third-order valence-corrected chi connectivity index (χ3v) is 6.39. The molecule has 28 heavy (non-hydrogen) atoms. The van der Waals surface area contributed by atoms with Gasteiger partial charge in [-0.25, -0.2) is 0 Å². The van der Waals surface area contributed by atoms with Gasteiger partial charge in [0.25, 0.3) is 0 Å². The van der Waals surface area contributed by atoms with E-state index in [4.69, 9.17) is 9.47 Å². The Balaban J connectivity index is 1.97. The number of benzene rings is 1. The first-order chi connectivity index (χ1) is 13.2. The number of aliphatic hydroxyl groups is 2. The molecule has 0 radical (unpaired) electrons. The largest absolute Gasteiger partial charge is 0.465 e. The summed E-state index contributed by atoms with van der Waals surface area (Å²) in [5.74, 6) is 1.23. The van der Waals surface area contributed by atoms with E-state index in [0.717, 1.165) is 5.75 Å². The van der Waals surface area contributed by atoms with Crippen molar-refractivity contribution in [3.63, 3.8) is 0 Å². The van der Waals surface area contributed by atoms with Crippen LogP contribution in [0.4, 0.5) is 0 Å². The maximum atomic E-state index is 12.0. The van der Waals surface area contributed by atoms with Gasteiger partial charge in [-0.1, -0.05) is 25.1 Å². The number of hydrogen-bond donors (Lipinski definition) is 2. The Morgan fingerprint density at radius 2 is 1.93 bits per heavy atom. The number of carbonyl (C=O) groups excluding carboxylic acids is 1. The fourth-order valence-electron chi connectivity index (χ4n) is 3.41. The van der Waals surface area contributed by atoms with Gasteiger partial charge >= 0.3 is 5.97 Å². The zero-order chi connectivity index (χ0) is 20.7. The second-order valence-corrected chi connectivity index (χ2v) is 9.70. The van der Waals surface area contributed by atoms with E-state index in [1.165, 1.54) is 4.90 Å². The smallest absolute Gasteiger partial charge is 0.311 e. The van der Waals surface area contributed by atoms with Crippen LogP contribution in [0.15, 0.2) is 35.2 Å². The molecule has 5 nitrogen and oxygen atoms in total. The third kappa shape index (κ3) is 6.76. The van der Waals surface area contributed by atoms with Crippen LogP contribution in [0.25, 0.3) is 0 Å². The molecule has 0 spiro atoms. The summed E-state index contributed by atoms with van der Waals surface area (Å²) in [7, 11) is 0. The number of aliphatic hydroxyl groups excluding tert-OH is 2. The van der Waals surface area contributed by atoms with Crippen LogP contribution in [0.1, 0.15) is 40.5 Å². The van der Waals surface area contributed by atoms with Crippen LogP contribution < -0.4 is 0 Å². The van der Waals surface area contributed by atoms with Crippen molar-refractivity contribution in [1.29, 1.82) is 0 Å². The van der Waals surface area contributed by atoms with E-state index in [0.29, 0.717) is 19.4 Å². The van der Waals surface area contributed by atoms with Crippen molar-refractivity contribution < 1.29 is 24.5 Å². The third-order valence-electron chi connectivity index (χ3n) is 5.24. The van der Waals surface area contributed by atoms with Gasteiger partial charge in [0.2, 0.25) is 0 Å². The number of hydrogen-bond acceptors (Lipinski definition) is 6. The highest BCUT2D eigenvalue weighted by molar-refractivity contribution is 7.99. The fourth-order valence-corrected chi connectivity index (χ4v) is 4.66. The first-order valence-corrected chi connectivity index (χ1v) is 11.0. The van der Waals surface area contributed by atoms with Crippen molar-refractivity contribution in [2.75, 3.05) is 19.0 Å². The van der Waals surface area contributed by atoms with Gasteiger partial charge in [0.05, 0.1) is 36.9 Å². The highest BCUT2D eigenvalue weighted by Gasteiger charge is 2.42. The second-order valence-electron chi connectivity index (χ2n) is 8.61. The minimum absolute atomic E-state index is 0.0325. The molecule has 0 aromatic heterocycles. The highest BCUT2D eigenvalue weighted by atomic mass is 32.2. The van der Waals surface area contributed by atoms with Crippen molar-refractivity contribution >= 4 is 17.7 Å². The maximum Gasteiger partial charge on any atom is 0.311 e. The van der Waals surface area contributed by atoms with Crippen LogP contribution in [0.2, 0.25) is 0 Å². The summed E-state index contributed by atoms with van der Waals surface area (Å²) in [5, 5.41) is 19.0. The molecule has 0 unspecified atom stereocenters. The molecular formula is C22H34O5S. The van der Waals surface area contributed by atoms with E-state index in [9.17, 15) is 15.0 Å². The first kappa shape index (κ1) is 23.2. The predicted molar refractivity (Wildman–Crippen MR) is 111 cm³/mol. The Hall–Kier alpha value is -1.08. The molecule has 1 heterocycles. The minimum Gasteiger partial charge on any atom is -0.465 e. The van der Waals surface area contributed by atoms with Crippen molar-refractivity contribution in [2.45, 2.75) is 63.7 Å². The standard InChI is InChI=1S/C22H34O5S/c1-15-18(14-28-17-8-6-5-7-9-17)19(27-20(15)12-16(24)13-23)10-11-26-21(25)22(2,3)4/h5-9,15-16,18-20,23-24H,10-14H2,1-4H3/t15-,16+,18-,19+,20-/m1/s1. The quantitative estimate of drug-likeness (QED) is 0.479. The van der Waals surface area contributed by atoms with E-state index in [1.54, 1.807) is 11.8 Å². The molecule has 1 aromatic rings. The molecule has 0 aliphatic carbocycles. The number of carbonyl (C=O) groups is 1. The van der Waals surface area contributed by atoms with Crippen LogP contribution in [0.3, 0.4) is 0 Å². The Morgan fingerprint density at radius 3 is 2.54 bits per heavy atom. The normalized spacial score (nSPS) is 26.2. The van der Waals surface area contributed by atoms with Gasteiger partial charge < -0.3 is 19.7 Å². The van der Waals surface area contributed by atoms with Crippen molar-refractivity contribution in [2.24, 2.45) is 17.3 Å². The second kappa shape index (κ2) is 10.6. The van der Waals surface area contributed by atoms with Crippen molar-refractivity contribution in [3.8, 4) is 0 Å². The Labute approximate surface area is 172 Å². The zero-order valence-corrected chi connectivity index (χ0v) is 18.2. The van der Waals surface area contributed by atoms with Gasteiger partial charge in [0, 0.05) is 23.5 Å². The average molecular weight is 411 g/mol. The molecule has 0 amide bonds. The van der Waals surface area contributed by atoms with Crippen LogP contribution in [0.5, 0.6) is 0 Å². The molecule has 2 N–H and O–H groups in total. The van der Waals surface area contributed by atoms with Gasteiger partial charge in [0.15, 0.2) is 0 Å². The summed E-state index contributed by atoms with van der Waals surface area (Å²) >= 11 is 1.80. The minimum atomic E-state index is -0.771. The van der Waals surface area contributed by atoms with Gasteiger partial charge in [-0.2, -0.15) is 0 Å². The van der Waals surface area contributed by atoms with E-state index >= 15 is 0 Å². The SMILES string of the molecule is C[C@@H]1[C@@H](CSc2ccccc2)[C@H](CCOC(=O)C(C)(C)C)O[C@@H]1C[C@H](O)CO. The summed E-state index contributed by atoms with van der Waals surface area (Å²) in [6.45, 7) is 7.74. The lowest BCUT2D eigenvalue weighted by atomic mass is 9.87. The topological polar surface area (TPSA) is 76.0 Å². The molecule has 0 bridgehead atoms. The van der Waals surface area contributed by atoms with Crippen molar-refractivity contribution in [3.05, 3.63) is 30.3 Å². The fraction of sp³-hybridized carbons (Fsp3) is 0.682. The molecule has 1 saturated heterocycles. The number of esters is 1. The summed E-state index contributed by atoms with van der Waals surface area (Å²) in [6.07, 6.45) is 0.148. The molecule has 0 saturated carbocycles. The molecule has 1 aromatic carbocycles. The summed E-state index contributed by atoms with van der Waals surface area (Å²) in [5.41, 5.74) is -0.514. The molecule has 1 aliphatic heterocycles. The lowest BCUT2D eigenvalue weighted by Crippen LogP contribution is -2.27. The van der Waals surface area contributed by atoms with Crippen LogP contribution in [-0.4, -0.2) is 53.5 Å². The van der Waals surface area contributed by atoms with Gasteiger partial charge in [-0.15, -0.1) is 11.8 Å². The Kier molecular flexibility index (Phi) is 8.81. The predicted octanol–water partition coefficient (Wildman–Crippen LogP) is 3.52. The Bertz CT molecular complexity index is 601. The maximum absolute atomic E-state index is 12.0. The van der Waals surface area contributed by atoms with E-state index in [2.05, 4.69) is 19.1 Å². The monoisotopic (exact) mass is 410 g/mol. The van der Waals surface area contributed by atoms with Crippen molar-refractivity contribution in [1.82, 2.24) is 0 Å². The highest BCUT2D eigenvalue weighted by Crippen LogP contribution is 2.39. The molecule has 5 atom stereocenters. The number of thioether (sulfide) groups is 1. The number of ether oxygens (including phenoxy) is 2. The summed E-state index contributed by atoms with van der Waals surface area (Å²) in [4.78, 5) is 13.2. The number of rotatable bonds is 9. The summed E-state index contributed by atoms with van der Waals surface area (Å²) < 4.78 is 11.7. The van der Waals surface area contributed by atoms with Crippen LogP contribution in [0, 0.1) is 17.3 Å². The molecule has 2 rings (SSSR count). The van der Waals surface area contributed by atoms with Crippen LogP contribution >= 0.6 is 11.8 Å². The van der Waals surface area contributed by atoms with Crippen LogP contribution in [-0.2, 0) is 14.3 Å². The van der Waals surface area contributed by atoms with E-state index in [-0.39, 0.29) is 36.6 Å². The lowest BCUT2D eigenvalue weighted by molar-refractivity contribution is -0.153.